The summed E-state index contributed by atoms with van der Waals surface area (Å²) in [6, 6.07) is 0. The lowest BCUT2D eigenvalue weighted by Gasteiger charge is -2.29. The molecule has 7 heteroatoms. The third-order valence-corrected chi connectivity index (χ3v) is 6.13. The van der Waals surface area contributed by atoms with Crippen LogP contribution < -0.4 is 0 Å². The van der Waals surface area contributed by atoms with Gasteiger partial charge in [0.2, 0.25) is 10.0 Å². The van der Waals surface area contributed by atoms with Crippen molar-refractivity contribution in [2.24, 2.45) is 0 Å². The summed E-state index contributed by atoms with van der Waals surface area (Å²) in [5.74, 6) is 0.857. The maximum absolute atomic E-state index is 12.5. The lowest BCUT2D eigenvalue weighted by Crippen LogP contribution is -2.41. The molecule has 0 aliphatic carbocycles. The minimum atomic E-state index is -3.39. The van der Waals surface area contributed by atoms with Gasteiger partial charge in [-0.15, -0.1) is 0 Å². The van der Waals surface area contributed by atoms with Crippen molar-refractivity contribution < 1.29 is 8.42 Å². The van der Waals surface area contributed by atoms with E-state index in [9.17, 15) is 8.42 Å². The summed E-state index contributed by atoms with van der Waals surface area (Å²) < 4.78 is 26.6. The van der Waals surface area contributed by atoms with E-state index < -0.39 is 10.0 Å². The molecule has 2 heterocycles. The van der Waals surface area contributed by atoms with E-state index in [0.29, 0.717) is 34.6 Å². The normalized spacial score (nSPS) is 22.9. The molecule has 0 bridgehead atoms. The largest absolute Gasteiger partial charge is 0.281 e. The first kappa shape index (κ1) is 12.9. The average Bonchev–Trinajstić information content (AvgIpc) is 2.59. The highest BCUT2D eigenvalue weighted by molar-refractivity contribution is 8.00. The number of rotatable bonds is 2. The van der Waals surface area contributed by atoms with Gasteiger partial charge in [0, 0.05) is 24.1 Å². The van der Waals surface area contributed by atoms with Crippen LogP contribution in [0.25, 0.3) is 0 Å². The van der Waals surface area contributed by atoms with E-state index >= 15 is 0 Å². The number of aromatic amines is 1. The van der Waals surface area contributed by atoms with Gasteiger partial charge in [0.05, 0.1) is 11.4 Å². The van der Waals surface area contributed by atoms with Crippen molar-refractivity contribution in [1.29, 1.82) is 0 Å². The summed E-state index contributed by atoms with van der Waals surface area (Å²) in [7, 11) is -3.39. The van der Waals surface area contributed by atoms with Crippen molar-refractivity contribution >= 4 is 21.8 Å². The van der Waals surface area contributed by atoms with Crippen LogP contribution in [-0.4, -0.2) is 47.0 Å². The second-order valence-electron chi connectivity index (χ2n) is 4.31. The van der Waals surface area contributed by atoms with E-state index in [1.807, 2.05) is 11.8 Å². The van der Waals surface area contributed by atoms with Crippen LogP contribution in [0.15, 0.2) is 4.90 Å². The van der Waals surface area contributed by atoms with E-state index in [0.717, 1.165) is 5.75 Å². The first-order chi connectivity index (χ1) is 7.93. The highest BCUT2D eigenvalue weighted by Gasteiger charge is 2.32. The van der Waals surface area contributed by atoms with Gasteiger partial charge < -0.3 is 0 Å². The zero-order chi connectivity index (χ0) is 12.6. The van der Waals surface area contributed by atoms with Gasteiger partial charge >= 0.3 is 0 Å². The van der Waals surface area contributed by atoms with Crippen LogP contribution in [0.5, 0.6) is 0 Å². The van der Waals surface area contributed by atoms with Crippen molar-refractivity contribution in [3.8, 4) is 0 Å². The zero-order valence-corrected chi connectivity index (χ0v) is 11.9. The van der Waals surface area contributed by atoms with Crippen molar-refractivity contribution in [3.05, 3.63) is 11.4 Å². The summed E-state index contributed by atoms with van der Waals surface area (Å²) in [4.78, 5) is 0.344. The molecule has 1 aliphatic rings. The SMILES string of the molecule is Cc1n[nH]c(C)c1S(=O)(=O)N1CCSC(C)C1. The molecule has 1 aromatic rings. The molecule has 17 heavy (non-hydrogen) atoms. The van der Waals surface area contributed by atoms with Gasteiger partial charge in [0.15, 0.2) is 0 Å². The Labute approximate surface area is 106 Å². The molecule has 1 fully saturated rings. The summed E-state index contributed by atoms with van der Waals surface area (Å²) >= 11 is 1.81. The van der Waals surface area contributed by atoms with Crippen LogP contribution in [-0.2, 0) is 10.0 Å². The molecule has 1 N–H and O–H groups in total. The summed E-state index contributed by atoms with van der Waals surface area (Å²) in [6.45, 7) is 6.69. The number of H-pyrrole nitrogens is 1. The first-order valence-electron chi connectivity index (χ1n) is 5.56. The Kier molecular flexibility index (Phi) is 3.51. The Morgan fingerprint density at radius 1 is 1.47 bits per heavy atom. The van der Waals surface area contributed by atoms with Gasteiger partial charge in [0.1, 0.15) is 4.90 Å². The van der Waals surface area contributed by atoms with E-state index in [1.54, 1.807) is 18.2 Å². The minimum absolute atomic E-state index is 0.344. The Hall–Kier alpha value is -0.530. The lowest BCUT2D eigenvalue weighted by atomic mass is 10.4. The Morgan fingerprint density at radius 3 is 2.71 bits per heavy atom. The molecule has 96 valence electrons. The number of thioether (sulfide) groups is 1. The zero-order valence-electron chi connectivity index (χ0n) is 10.2. The molecule has 0 aromatic carbocycles. The van der Waals surface area contributed by atoms with Gasteiger partial charge in [-0.2, -0.15) is 21.2 Å². The van der Waals surface area contributed by atoms with E-state index in [4.69, 9.17) is 0 Å². The lowest BCUT2D eigenvalue weighted by molar-refractivity contribution is 0.423. The number of nitrogens with zero attached hydrogens (tertiary/aromatic N) is 2. The second kappa shape index (κ2) is 4.62. The number of aromatic nitrogens is 2. The van der Waals surface area contributed by atoms with E-state index in [-0.39, 0.29) is 0 Å². The van der Waals surface area contributed by atoms with Crippen LogP contribution in [0.2, 0.25) is 0 Å². The minimum Gasteiger partial charge on any atom is -0.281 e. The Bertz CT molecular complexity index is 490. The average molecular weight is 275 g/mol. The fourth-order valence-electron chi connectivity index (χ4n) is 2.05. The number of sulfonamides is 1. The van der Waals surface area contributed by atoms with E-state index in [1.165, 1.54) is 0 Å². The van der Waals surface area contributed by atoms with E-state index in [2.05, 4.69) is 17.1 Å². The summed E-state index contributed by atoms with van der Waals surface area (Å²) in [5, 5.41) is 7.05. The highest BCUT2D eigenvalue weighted by Crippen LogP contribution is 2.26. The van der Waals surface area contributed by atoms with Crippen LogP contribution >= 0.6 is 11.8 Å². The standard InChI is InChI=1S/C10H17N3O2S2/c1-7-6-13(4-5-16-7)17(14,15)10-8(2)11-12-9(10)3/h7H,4-6H2,1-3H3,(H,11,12). The van der Waals surface area contributed by atoms with Crippen LogP contribution in [0, 0.1) is 13.8 Å². The molecule has 1 unspecified atom stereocenters. The molecule has 2 rings (SSSR count). The molecule has 0 amide bonds. The molecular formula is C10H17N3O2S2. The number of hydrogen-bond donors (Lipinski definition) is 1. The van der Waals surface area contributed by atoms with Crippen molar-refractivity contribution in [3.63, 3.8) is 0 Å². The predicted molar refractivity (Wildman–Crippen MR) is 68.7 cm³/mol. The first-order valence-corrected chi connectivity index (χ1v) is 8.05. The smallest absolute Gasteiger partial charge is 0.246 e. The second-order valence-corrected chi connectivity index (χ2v) is 7.73. The Balaban J connectivity index is 2.36. The number of nitrogens with one attached hydrogen (secondary N) is 1. The molecule has 1 aromatic heterocycles. The van der Waals surface area contributed by atoms with Gasteiger partial charge in [-0.05, 0) is 13.8 Å². The molecule has 1 aliphatic heterocycles. The molecule has 5 nitrogen and oxygen atoms in total. The fraction of sp³-hybridized carbons (Fsp3) is 0.700. The summed E-state index contributed by atoms with van der Waals surface area (Å²) in [5.41, 5.74) is 1.17. The van der Waals surface area contributed by atoms with Crippen molar-refractivity contribution in [2.45, 2.75) is 30.9 Å². The number of hydrogen-bond acceptors (Lipinski definition) is 4. The highest BCUT2D eigenvalue weighted by atomic mass is 32.2. The number of aryl methyl sites for hydroxylation is 2. The van der Waals surface area contributed by atoms with Gasteiger partial charge in [0.25, 0.3) is 0 Å². The monoisotopic (exact) mass is 275 g/mol. The molecule has 0 spiro atoms. The molecule has 0 radical (unpaired) electrons. The van der Waals surface area contributed by atoms with Crippen molar-refractivity contribution in [1.82, 2.24) is 14.5 Å². The molecule has 1 saturated heterocycles. The Morgan fingerprint density at radius 2 is 2.18 bits per heavy atom. The van der Waals surface area contributed by atoms with Crippen LogP contribution in [0.4, 0.5) is 0 Å². The van der Waals surface area contributed by atoms with Crippen LogP contribution in [0.3, 0.4) is 0 Å². The molecule has 1 atom stereocenters. The molecule has 0 saturated carbocycles. The van der Waals surface area contributed by atoms with Gasteiger partial charge in [-0.1, -0.05) is 6.92 Å². The van der Waals surface area contributed by atoms with Gasteiger partial charge in [-0.25, -0.2) is 8.42 Å². The quantitative estimate of drug-likeness (QED) is 0.879. The topological polar surface area (TPSA) is 66.1 Å². The maximum Gasteiger partial charge on any atom is 0.246 e. The van der Waals surface area contributed by atoms with Crippen LogP contribution in [0.1, 0.15) is 18.3 Å². The fourth-order valence-corrected chi connectivity index (χ4v) is 5.14. The third kappa shape index (κ3) is 2.36. The maximum atomic E-state index is 12.5. The van der Waals surface area contributed by atoms with Crippen molar-refractivity contribution in [2.75, 3.05) is 18.8 Å². The van der Waals surface area contributed by atoms with Gasteiger partial charge in [-0.3, -0.25) is 5.10 Å². The summed E-state index contributed by atoms with van der Waals surface area (Å²) in [6.07, 6.45) is 0. The molecular weight excluding hydrogens is 258 g/mol. The predicted octanol–water partition coefficient (Wildman–Crippen LogP) is 1.15. The third-order valence-electron chi connectivity index (χ3n) is 2.86.